The molecule has 2 unspecified atom stereocenters. The van der Waals surface area contributed by atoms with Crippen molar-refractivity contribution in [2.45, 2.75) is 122 Å². The quantitative estimate of drug-likeness (QED) is 0.326. The van der Waals surface area contributed by atoms with Crippen LogP contribution >= 0.6 is 0 Å². The van der Waals surface area contributed by atoms with Gasteiger partial charge in [-0.25, -0.2) is 4.79 Å². The van der Waals surface area contributed by atoms with Crippen molar-refractivity contribution in [2.24, 2.45) is 5.73 Å². The summed E-state index contributed by atoms with van der Waals surface area (Å²) in [5.41, 5.74) is 7.23. The molecule has 0 saturated heterocycles. The van der Waals surface area contributed by atoms with Crippen LogP contribution < -0.4 is 15.8 Å². The molecule has 6 nitrogen and oxygen atoms in total. The number of hydrogen-bond acceptors (Lipinski definition) is 5. The Morgan fingerprint density at radius 1 is 1.09 bits per heavy atom. The van der Waals surface area contributed by atoms with Gasteiger partial charge in [0.15, 0.2) is 0 Å². The normalized spacial score (nSPS) is 20.4. The molecule has 6 heteroatoms. The molecular formula is C28H48N2O4. The maximum Gasteiger partial charge on any atom is 0.407 e. The van der Waals surface area contributed by atoms with E-state index >= 15 is 0 Å². The Labute approximate surface area is 207 Å². The summed E-state index contributed by atoms with van der Waals surface area (Å²) in [6.07, 6.45) is 9.24. The van der Waals surface area contributed by atoms with Crippen molar-refractivity contribution < 1.29 is 19.0 Å². The van der Waals surface area contributed by atoms with E-state index in [2.05, 4.69) is 43.4 Å². The smallest absolute Gasteiger partial charge is 0.407 e. The van der Waals surface area contributed by atoms with Crippen LogP contribution in [0, 0.1) is 0 Å². The molecule has 2 atom stereocenters. The zero-order valence-corrected chi connectivity index (χ0v) is 22.1. The van der Waals surface area contributed by atoms with Crippen molar-refractivity contribution in [3.63, 3.8) is 0 Å². The highest BCUT2D eigenvalue weighted by molar-refractivity contribution is 5.68. The van der Waals surface area contributed by atoms with Crippen LogP contribution in [0.25, 0.3) is 0 Å². The van der Waals surface area contributed by atoms with Crippen LogP contribution in [0.2, 0.25) is 0 Å². The fraction of sp³-hybridized carbons (Fsp3) is 0.750. The molecule has 1 amide bonds. The topological polar surface area (TPSA) is 82.8 Å². The number of unbranched alkanes of at least 4 members (excludes halogenated alkanes) is 2. The second kappa shape index (κ2) is 14.6. The Hall–Kier alpha value is -1.79. The minimum absolute atomic E-state index is 0.159. The fourth-order valence-electron chi connectivity index (χ4n) is 4.55. The second-order valence-corrected chi connectivity index (χ2v) is 10.6. The van der Waals surface area contributed by atoms with E-state index in [1.165, 1.54) is 18.4 Å². The summed E-state index contributed by atoms with van der Waals surface area (Å²) in [4.78, 5) is 12.2. The van der Waals surface area contributed by atoms with Crippen LogP contribution in [0.5, 0.6) is 5.75 Å². The van der Waals surface area contributed by atoms with Gasteiger partial charge in [0, 0.05) is 12.1 Å². The van der Waals surface area contributed by atoms with Gasteiger partial charge in [-0.05, 0) is 76.8 Å². The summed E-state index contributed by atoms with van der Waals surface area (Å²) in [6.45, 7) is 11.1. The maximum absolute atomic E-state index is 12.2. The van der Waals surface area contributed by atoms with Crippen molar-refractivity contribution in [3.8, 4) is 5.75 Å². The summed E-state index contributed by atoms with van der Waals surface area (Å²) in [5.74, 6) is 1.55. The van der Waals surface area contributed by atoms with Crippen molar-refractivity contribution in [2.75, 3.05) is 13.2 Å². The number of para-hydroxylation sites is 1. The van der Waals surface area contributed by atoms with Crippen LogP contribution in [0.3, 0.4) is 0 Å². The first-order chi connectivity index (χ1) is 16.2. The van der Waals surface area contributed by atoms with Crippen molar-refractivity contribution in [1.29, 1.82) is 0 Å². The standard InChI is InChI=1S/C28H48N2O4/c1-6-8-11-19-32-26-14-10-9-13-23(26)21-15-17-22(18-16-21)33-20-24(29)25(12-7-2)30-27(31)34-28(3,4)5/h9-10,13-14,21-22,24-25H,6-8,11-12,15-20,29H2,1-5H3,(H,30,31)/t21-,22+,24?,25?. The minimum Gasteiger partial charge on any atom is -0.493 e. The number of nitrogens with two attached hydrogens (primary N) is 1. The first kappa shape index (κ1) is 28.4. The van der Waals surface area contributed by atoms with Crippen molar-refractivity contribution >= 4 is 6.09 Å². The second-order valence-electron chi connectivity index (χ2n) is 10.6. The molecular weight excluding hydrogens is 428 g/mol. The summed E-state index contributed by atoms with van der Waals surface area (Å²) in [7, 11) is 0. The lowest BCUT2D eigenvalue weighted by Crippen LogP contribution is -2.51. The number of nitrogens with one attached hydrogen (secondary N) is 1. The van der Waals surface area contributed by atoms with Crippen molar-refractivity contribution in [3.05, 3.63) is 29.8 Å². The third-order valence-corrected chi connectivity index (χ3v) is 6.38. The van der Waals surface area contributed by atoms with Crippen LogP contribution in [-0.4, -0.2) is 43.1 Å². The molecule has 0 radical (unpaired) electrons. The Balaban J connectivity index is 1.81. The van der Waals surface area contributed by atoms with E-state index in [9.17, 15) is 4.79 Å². The van der Waals surface area contributed by atoms with Gasteiger partial charge >= 0.3 is 6.09 Å². The molecule has 3 N–H and O–H groups in total. The van der Waals surface area contributed by atoms with E-state index in [1.807, 2.05) is 20.8 Å². The van der Waals surface area contributed by atoms with Gasteiger partial charge in [0.25, 0.3) is 0 Å². The van der Waals surface area contributed by atoms with E-state index in [0.717, 1.165) is 57.3 Å². The Morgan fingerprint density at radius 2 is 1.79 bits per heavy atom. The third kappa shape index (κ3) is 10.2. The van der Waals surface area contributed by atoms with Gasteiger partial charge < -0.3 is 25.3 Å². The van der Waals surface area contributed by atoms with E-state index in [1.54, 1.807) is 0 Å². The molecule has 1 aromatic carbocycles. The highest BCUT2D eigenvalue weighted by Crippen LogP contribution is 2.38. The third-order valence-electron chi connectivity index (χ3n) is 6.38. The number of alkyl carbamates (subject to hydrolysis) is 1. The largest absolute Gasteiger partial charge is 0.493 e. The van der Waals surface area contributed by atoms with Gasteiger partial charge in [-0.2, -0.15) is 0 Å². The maximum atomic E-state index is 12.2. The number of benzene rings is 1. The van der Waals surface area contributed by atoms with E-state index < -0.39 is 11.7 Å². The first-order valence-electron chi connectivity index (χ1n) is 13.3. The molecule has 2 rings (SSSR count). The predicted molar refractivity (Wildman–Crippen MR) is 138 cm³/mol. The Bertz CT molecular complexity index is 711. The average molecular weight is 477 g/mol. The van der Waals surface area contributed by atoms with Gasteiger partial charge in [-0.3, -0.25) is 0 Å². The molecule has 0 heterocycles. The number of ether oxygens (including phenoxy) is 3. The average Bonchev–Trinajstić information content (AvgIpc) is 2.79. The summed E-state index contributed by atoms with van der Waals surface area (Å²) < 4.78 is 17.7. The lowest BCUT2D eigenvalue weighted by molar-refractivity contribution is 0.0102. The molecule has 0 bridgehead atoms. The number of hydrogen-bond donors (Lipinski definition) is 2. The molecule has 194 valence electrons. The number of amides is 1. The molecule has 1 aromatic rings. The lowest BCUT2D eigenvalue weighted by Gasteiger charge is -2.32. The Kier molecular flexibility index (Phi) is 12.2. The first-order valence-corrected chi connectivity index (χ1v) is 13.3. The van der Waals surface area contributed by atoms with Crippen LogP contribution in [0.4, 0.5) is 4.79 Å². The molecule has 1 saturated carbocycles. The number of carbonyl (C=O) groups is 1. The summed E-state index contributed by atoms with van der Waals surface area (Å²) in [5, 5.41) is 2.94. The minimum atomic E-state index is -0.529. The van der Waals surface area contributed by atoms with E-state index in [0.29, 0.717) is 12.5 Å². The fourth-order valence-corrected chi connectivity index (χ4v) is 4.55. The number of rotatable bonds is 13. The van der Waals surface area contributed by atoms with Gasteiger partial charge in [0.2, 0.25) is 0 Å². The summed E-state index contributed by atoms with van der Waals surface area (Å²) >= 11 is 0. The highest BCUT2D eigenvalue weighted by Gasteiger charge is 2.27. The van der Waals surface area contributed by atoms with Gasteiger partial charge in [0.05, 0.1) is 19.3 Å². The van der Waals surface area contributed by atoms with Crippen LogP contribution in [-0.2, 0) is 9.47 Å². The van der Waals surface area contributed by atoms with E-state index in [-0.39, 0.29) is 18.2 Å². The molecule has 34 heavy (non-hydrogen) atoms. The number of carbonyl (C=O) groups excluding carboxylic acids is 1. The van der Waals surface area contributed by atoms with Gasteiger partial charge in [-0.15, -0.1) is 0 Å². The SMILES string of the molecule is CCCCCOc1ccccc1[C@H]1CC[C@@H](OCC(N)C(CCC)NC(=O)OC(C)(C)C)CC1. The molecule has 0 aliphatic heterocycles. The molecule has 1 fully saturated rings. The predicted octanol–water partition coefficient (Wildman–Crippen LogP) is 6.32. The Morgan fingerprint density at radius 3 is 2.44 bits per heavy atom. The van der Waals surface area contributed by atoms with E-state index in [4.69, 9.17) is 19.9 Å². The summed E-state index contributed by atoms with van der Waals surface area (Å²) in [6, 6.07) is 8.08. The molecule has 0 aromatic heterocycles. The van der Waals surface area contributed by atoms with Crippen LogP contribution in [0.1, 0.15) is 104 Å². The monoisotopic (exact) mass is 476 g/mol. The van der Waals surface area contributed by atoms with Gasteiger partial charge in [-0.1, -0.05) is 51.3 Å². The van der Waals surface area contributed by atoms with Gasteiger partial charge in [0.1, 0.15) is 11.4 Å². The molecule has 1 aliphatic carbocycles. The van der Waals surface area contributed by atoms with Crippen LogP contribution in [0.15, 0.2) is 24.3 Å². The zero-order chi connectivity index (χ0) is 25.0. The lowest BCUT2D eigenvalue weighted by atomic mass is 9.82. The zero-order valence-electron chi connectivity index (χ0n) is 22.1. The molecule has 1 aliphatic rings. The molecule has 0 spiro atoms. The highest BCUT2D eigenvalue weighted by atomic mass is 16.6. The van der Waals surface area contributed by atoms with Crippen molar-refractivity contribution in [1.82, 2.24) is 5.32 Å².